The van der Waals surface area contributed by atoms with Gasteiger partial charge in [-0.05, 0) is 31.8 Å². The SMILES string of the molecule is COC(Cc1nc(C(=O)NCc2ccc(F)cc2)c(O)c(=O)[nH]1)N(C)C. The summed E-state index contributed by atoms with van der Waals surface area (Å²) >= 11 is 0. The van der Waals surface area contributed by atoms with Crippen molar-refractivity contribution < 1.29 is 19.0 Å². The maximum Gasteiger partial charge on any atom is 0.293 e. The second-order valence-corrected chi connectivity index (χ2v) is 5.88. The number of aromatic hydroxyl groups is 1. The van der Waals surface area contributed by atoms with Gasteiger partial charge in [-0.2, -0.15) is 0 Å². The lowest BCUT2D eigenvalue weighted by Gasteiger charge is -2.22. The molecule has 1 aromatic heterocycles. The Morgan fingerprint density at radius 2 is 2.04 bits per heavy atom. The monoisotopic (exact) mass is 364 g/mol. The second-order valence-electron chi connectivity index (χ2n) is 5.88. The summed E-state index contributed by atoms with van der Waals surface area (Å²) in [5, 5.41) is 12.4. The van der Waals surface area contributed by atoms with Crippen LogP contribution in [0.4, 0.5) is 4.39 Å². The van der Waals surface area contributed by atoms with E-state index in [4.69, 9.17) is 4.74 Å². The van der Waals surface area contributed by atoms with Crippen LogP contribution in [0.15, 0.2) is 29.1 Å². The molecule has 0 aliphatic rings. The molecule has 0 spiro atoms. The van der Waals surface area contributed by atoms with Crippen molar-refractivity contribution in [2.24, 2.45) is 0 Å². The second kappa shape index (κ2) is 8.54. The number of benzene rings is 1. The minimum atomic E-state index is -0.810. The number of amides is 1. The third kappa shape index (κ3) is 4.87. The molecule has 0 saturated heterocycles. The predicted octanol–water partition coefficient (Wildman–Crippen LogP) is 0.621. The van der Waals surface area contributed by atoms with Gasteiger partial charge in [0.2, 0.25) is 5.75 Å². The number of nitrogens with one attached hydrogen (secondary N) is 2. The number of H-pyrrole nitrogens is 1. The summed E-state index contributed by atoms with van der Waals surface area (Å²) in [6.07, 6.45) is -0.144. The molecule has 1 atom stereocenters. The predicted molar refractivity (Wildman–Crippen MR) is 92.3 cm³/mol. The third-order valence-electron chi connectivity index (χ3n) is 3.74. The molecule has 0 fully saturated rings. The Hall–Kier alpha value is -2.78. The quantitative estimate of drug-likeness (QED) is 0.622. The first-order valence-corrected chi connectivity index (χ1v) is 7.85. The maximum absolute atomic E-state index is 12.9. The highest BCUT2D eigenvalue weighted by Gasteiger charge is 2.20. The van der Waals surface area contributed by atoms with Gasteiger partial charge in [0.25, 0.3) is 11.5 Å². The smallest absolute Gasteiger partial charge is 0.293 e. The molecular formula is C17H21FN4O4. The molecule has 0 aliphatic carbocycles. The van der Waals surface area contributed by atoms with Gasteiger partial charge in [-0.3, -0.25) is 14.5 Å². The summed E-state index contributed by atoms with van der Waals surface area (Å²) in [6.45, 7) is 0.0980. The lowest BCUT2D eigenvalue weighted by atomic mass is 10.2. The molecule has 1 aromatic carbocycles. The Kier molecular flexibility index (Phi) is 6.42. The van der Waals surface area contributed by atoms with Crippen LogP contribution in [0.25, 0.3) is 0 Å². The molecule has 2 aromatic rings. The fourth-order valence-corrected chi connectivity index (χ4v) is 2.28. The minimum absolute atomic E-state index is 0.0980. The van der Waals surface area contributed by atoms with Gasteiger partial charge in [0, 0.05) is 20.1 Å². The van der Waals surface area contributed by atoms with Crippen molar-refractivity contribution in [3.8, 4) is 5.75 Å². The zero-order valence-electron chi connectivity index (χ0n) is 14.7. The zero-order chi connectivity index (χ0) is 19.3. The molecule has 140 valence electrons. The summed E-state index contributed by atoms with van der Waals surface area (Å²) < 4.78 is 18.2. The van der Waals surface area contributed by atoms with Crippen LogP contribution in [0.3, 0.4) is 0 Å². The first-order chi connectivity index (χ1) is 12.3. The number of carbonyl (C=O) groups is 1. The highest BCUT2D eigenvalue weighted by Crippen LogP contribution is 2.11. The molecule has 0 radical (unpaired) electrons. The number of likely N-dealkylation sites (N-methyl/N-ethyl adjacent to an activating group) is 1. The molecular weight excluding hydrogens is 343 g/mol. The number of methoxy groups -OCH3 is 1. The molecule has 3 N–H and O–H groups in total. The lowest BCUT2D eigenvalue weighted by molar-refractivity contribution is -0.00407. The van der Waals surface area contributed by atoms with E-state index in [1.54, 1.807) is 19.0 Å². The van der Waals surface area contributed by atoms with E-state index in [9.17, 15) is 19.1 Å². The molecule has 1 unspecified atom stereocenters. The van der Waals surface area contributed by atoms with Crippen LogP contribution in [0.5, 0.6) is 5.75 Å². The van der Waals surface area contributed by atoms with Gasteiger partial charge >= 0.3 is 0 Å². The van der Waals surface area contributed by atoms with Crippen LogP contribution >= 0.6 is 0 Å². The van der Waals surface area contributed by atoms with Crippen molar-refractivity contribution in [3.63, 3.8) is 0 Å². The Balaban J connectivity index is 2.17. The number of ether oxygens (including phenoxy) is 1. The van der Waals surface area contributed by atoms with E-state index < -0.39 is 17.2 Å². The van der Waals surface area contributed by atoms with Crippen molar-refractivity contribution in [3.05, 3.63) is 57.5 Å². The largest absolute Gasteiger partial charge is 0.501 e. The van der Waals surface area contributed by atoms with Gasteiger partial charge in [-0.1, -0.05) is 12.1 Å². The van der Waals surface area contributed by atoms with Gasteiger partial charge in [-0.25, -0.2) is 9.37 Å². The fourth-order valence-electron chi connectivity index (χ4n) is 2.28. The average molecular weight is 364 g/mol. The summed E-state index contributed by atoms with van der Waals surface area (Å²) in [5.74, 6) is -1.64. The average Bonchev–Trinajstić information content (AvgIpc) is 2.61. The number of hydrogen-bond acceptors (Lipinski definition) is 6. The van der Waals surface area contributed by atoms with E-state index in [0.717, 1.165) is 0 Å². The van der Waals surface area contributed by atoms with E-state index in [0.29, 0.717) is 5.56 Å². The topological polar surface area (TPSA) is 108 Å². The van der Waals surface area contributed by atoms with Crippen LogP contribution in [-0.4, -0.2) is 53.3 Å². The Labute approximate surface area is 149 Å². The van der Waals surface area contributed by atoms with Gasteiger partial charge in [0.1, 0.15) is 17.9 Å². The highest BCUT2D eigenvalue weighted by molar-refractivity contribution is 5.94. The maximum atomic E-state index is 12.9. The molecule has 9 heteroatoms. The van der Waals surface area contributed by atoms with Crippen LogP contribution in [-0.2, 0) is 17.7 Å². The summed E-state index contributed by atoms with van der Waals surface area (Å²) in [6, 6.07) is 5.59. The Bertz CT molecular complexity index is 821. The van der Waals surface area contributed by atoms with Crippen LogP contribution in [0.1, 0.15) is 21.9 Å². The molecule has 26 heavy (non-hydrogen) atoms. The molecule has 2 rings (SSSR count). The van der Waals surface area contributed by atoms with Crippen molar-refractivity contribution in [1.29, 1.82) is 0 Å². The van der Waals surface area contributed by atoms with E-state index in [-0.39, 0.29) is 36.5 Å². The summed E-state index contributed by atoms with van der Waals surface area (Å²) in [7, 11) is 5.10. The number of aromatic nitrogens is 2. The summed E-state index contributed by atoms with van der Waals surface area (Å²) in [4.78, 5) is 32.4. The van der Waals surface area contributed by atoms with Gasteiger partial charge in [-0.15, -0.1) is 0 Å². The number of nitrogens with zero attached hydrogens (tertiary/aromatic N) is 2. The van der Waals surface area contributed by atoms with Crippen molar-refractivity contribution in [2.75, 3.05) is 21.2 Å². The van der Waals surface area contributed by atoms with Gasteiger partial charge in [0.05, 0.1) is 0 Å². The Morgan fingerprint density at radius 1 is 1.38 bits per heavy atom. The number of aromatic amines is 1. The zero-order valence-corrected chi connectivity index (χ0v) is 14.7. The fraction of sp³-hybridized carbons (Fsp3) is 0.353. The molecule has 0 aliphatic heterocycles. The molecule has 0 saturated carbocycles. The van der Waals surface area contributed by atoms with Gasteiger partial charge < -0.3 is 20.1 Å². The standard InChI is InChI=1S/C17H21FN4O4/c1-22(2)13(26-3)8-12-20-14(15(23)17(25)21-12)16(24)19-9-10-4-6-11(18)7-5-10/h4-7,13,23H,8-9H2,1-3H3,(H,19,24)(H,20,21,25). The van der Waals surface area contributed by atoms with Crippen LogP contribution in [0, 0.1) is 5.82 Å². The van der Waals surface area contributed by atoms with Crippen molar-refractivity contribution in [1.82, 2.24) is 20.2 Å². The number of rotatable bonds is 7. The molecule has 1 heterocycles. The van der Waals surface area contributed by atoms with Crippen LogP contribution in [0.2, 0.25) is 0 Å². The first kappa shape index (κ1) is 19.5. The summed E-state index contributed by atoms with van der Waals surface area (Å²) in [5.41, 5.74) is -0.522. The van der Waals surface area contributed by atoms with E-state index >= 15 is 0 Å². The van der Waals surface area contributed by atoms with E-state index in [1.165, 1.54) is 31.4 Å². The Morgan fingerprint density at radius 3 is 2.62 bits per heavy atom. The van der Waals surface area contributed by atoms with Crippen molar-refractivity contribution >= 4 is 5.91 Å². The molecule has 8 nitrogen and oxygen atoms in total. The number of carbonyl (C=O) groups excluding carboxylic acids is 1. The lowest BCUT2D eigenvalue weighted by Crippen LogP contribution is -2.34. The molecule has 0 bridgehead atoms. The van der Waals surface area contributed by atoms with E-state index in [2.05, 4.69) is 15.3 Å². The normalized spacial score (nSPS) is 12.2. The number of hydrogen-bond donors (Lipinski definition) is 3. The van der Waals surface area contributed by atoms with Crippen molar-refractivity contribution in [2.45, 2.75) is 19.2 Å². The van der Waals surface area contributed by atoms with E-state index in [1.807, 2.05) is 0 Å². The third-order valence-corrected chi connectivity index (χ3v) is 3.74. The number of halogens is 1. The van der Waals surface area contributed by atoms with Gasteiger partial charge in [0.15, 0.2) is 5.69 Å². The minimum Gasteiger partial charge on any atom is -0.501 e. The molecule has 1 amide bonds. The highest BCUT2D eigenvalue weighted by atomic mass is 19.1. The first-order valence-electron chi connectivity index (χ1n) is 7.85. The van der Waals surface area contributed by atoms with Crippen LogP contribution < -0.4 is 10.9 Å².